The topological polar surface area (TPSA) is 41.8 Å². The van der Waals surface area contributed by atoms with Crippen molar-refractivity contribution in [3.8, 4) is 11.1 Å². The molecule has 3 aromatic rings. The van der Waals surface area contributed by atoms with Gasteiger partial charge in [-0.3, -0.25) is 0 Å². The molecule has 0 saturated heterocycles. The third-order valence-electron chi connectivity index (χ3n) is 3.29. The highest BCUT2D eigenvalue weighted by molar-refractivity contribution is 5.88. The van der Waals surface area contributed by atoms with E-state index in [1.54, 1.807) is 0 Å². The van der Waals surface area contributed by atoms with Crippen molar-refractivity contribution in [1.82, 2.24) is 4.98 Å². The van der Waals surface area contributed by atoms with Gasteiger partial charge in [-0.25, -0.2) is 0 Å². The molecular weight excluding hydrogens is 220 g/mol. The molecule has 0 spiro atoms. The van der Waals surface area contributed by atoms with E-state index in [0.717, 1.165) is 6.42 Å². The van der Waals surface area contributed by atoms with Crippen LogP contribution in [0.5, 0.6) is 0 Å². The van der Waals surface area contributed by atoms with Crippen LogP contribution in [0.25, 0.3) is 22.0 Å². The fourth-order valence-corrected chi connectivity index (χ4v) is 2.35. The third kappa shape index (κ3) is 1.91. The van der Waals surface area contributed by atoms with Gasteiger partial charge >= 0.3 is 0 Å². The van der Waals surface area contributed by atoms with Gasteiger partial charge in [-0.2, -0.15) is 0 Å². The first kappa shape index (κ1) is 11.1. The van der Waals surface area contributed by atoms with Crippen LogP contribution in [0.15, 0.2) is 54.7 Å². The Hall–Kier alpha value is -2.06. The van der Waals surface area contributed by atoms with Crippen molar-refractivity contribution < 1.29 is 0 Å². The molecule has 0 atom stereocenters. The average Bonchev–Trinajstić information content (AvgIpc) is 2.83. The molecule has 0 aliphatic carbocycles. The van der Waals surface area contributed by atoms with Crippen molar-refractivity contribution in [3.05, 3.63) is 60.3 Å². The number of nitrogens with one attached hydrogen (secondary N) is 1. The smallest absolute Gasteiger partial charge is 0.0457 e. The molecule has 0 saturated carbocycles. The number of hydrogen-bond acceptors (Lipinski definition) is 1. The van der Waals surface area contributed by atoms with Crippen LogP contribution in [0.1, 0.15) is 5.56 Å². The lowest BCUT2D eigenvalue weighted by Crippen LogP contribution is -2.01. The van der Waals surface area contributed by atoms with Crippen LogP contribution in [0.2, 0.25) is 0 Å². The molecule has 0 fully saturated rings. The van der Waals surface area contributed by atoms with Crippen LogP contribution in [-0.2, 0) is 6.42 Å². The van der Waals surface area contributed by atoms with E-state index in [9.17, 15) is 0 Å². The fourth-order valence-electron chi connectivity index (χ4n) is 2.35. The van der Waals surface area contributed by atoms with Gasteiger partial charge in [0.05, 0.1) is 0 Å². The fraction of sp³-hybridized carbons (Fsp3) is 0.125. The van der Waals surface area contributed by atoms with E-state index < -0.39 is 0 Å². The van der Waals surface area contributed by atoms with Gasteiger partial charge in [-0.15, -0.1) is 0 Å². The average molecular weight is 236 g/mol. The second-order valence-electron chi connectivity index (χ2n) is 4.48. The van der Waals surface area contributed by atoms with Crippen molar-refractivity contribution in [1.29, 1.82) is 0 Å². The number of benzene rings is 2. The van der Waals surface area contributed by atoms with Crippen LogP contribution in [0.4, 0.5) is 0 Å². The standard InChI is InChI=1S/C16H16N2/c17-9-8-14-11-18-16-7-6-13(10-15(14)16)12-4-2-1-3-5-12/h1-7,10-11,18H,8-9,17H2. The van der Waals surface area contributed by atoms with Gasteiger partial charge in [0.15, 0.2) is 0 Å². The first-order valence-corrected chi connectivity index (χ1v) is 6.24. The van der Waals surface area contributed by atoms with E-state index >= 15 is 0 Å². The van der Waals surface area contributed by atoms with Crippen molar-refractivity contribution in [2.75, 3.05) is 6.54 Å². The van der Waals surface area contributed by atoms with Gasteiger partial charge in [0.2, 0.25) is 0 Å². The molecule has 3 rings (SSSR count). The van der Waals surface area contributed by atoms with E-state index in [4.69, 9.17) is 5.73 Å². The highest BCUT2D eigenvalue weighted by Crippen LogP contribution is 2.26. The maximum absolute atomic E-state index is 5.65. The maximum atomic E-state index is 5.65. The zero-order valence-electron chi connectivity index (χ0n) is 10.2. The van der Waals surface area contributed by atoms with Crippen LogP contribution in [0, 0.1) is 0 Å². The van der Waals surface area contributed by atoms with Crippen molar-refractivity contribution in [2.45, 2.75) is 6.42 Å². The Balaban J connectivity index is 2.12. The maximum Gasteiger partial charge on any atom is 0.0457 e. The Kier molecular flexibility index (Phi) is 2.87. The number of aromatic nitrogens is 1. The number of rotatable bonds is 3. The Morgan fingerprint density at radius 3 is 2.56 bits per heavy atom. The summed E-state index contributed by atoms with van der Waals surface area (Å²) < 4.78 is 0. The molecule has 1 aromatic heterocycles. The predicted molar refractivity (Wildman–Crippen MR) is 76.5 cm³/mol. The molecule has 2 nitrogen and oxygen atoms in total. The molecule has 0 unspecified atom stereocenters. The Labute approximate surface area is 106 Å². The summed E-state index contributed by atoms with van der Waals surface area (Å²) in [4.78, 5) is 3.30. The molecule has 0 amide bonds. The molecule has 2 aromatic carbocycles. The lowest BCUT2D eigenvalue weighted by Gasteiger charge is -2.03. The molecule has 0 bridgehead atoms. The highest BCUT2D eigenvalue weighted by Gasteiger charge is 2.05. The first-order valence-electron chi connectivity index (χ1n) is 6.24. The van der Waals surface area contributed by atoms with Crippen LogP contribution in [-0.4, -0.2) is 11.5 Å². The molecule has 0 radical (unpaired) electrons. The lowest BCUT2D eigenvalue weighted by molar-refractivity contribution is 0.976. The van der Waals surface area contributed by atoms with E-state index in [2.05, 4.69) is 53.6 Å². The first-order chi connectivity index (χ1) is 8.88. The van der Waals surface area contributed by atoms with Gasteiger partial charge in [0.25, 0.3) is 0 Å². The number of aromatic amines is 1. The van der Waals surface area contributed by atoms with Crippen LogP contribution in [0.3, 0.4) is 0 Å². The van der Waals surface area contributed by atoms with Gasteiger partial charge in [-0.1, -0.05) is 36.4 Å². The Morgan fingerprint density at radius 2 is 1.78 bits per heavy atom. The summed E-state index contributed by atoms with van der Waals surface area (Å²) in [6.07, 6.45) is 2.98. The quantitative estimate of drug-likeness (QED) is 0.719. The van der Waals surface area contributed by atoms with Gasteiger partial charge in [0.1, 0.15) is 0 Å². The SMILES string of the molecule is NCCc1c[nH]c2ccc(-c3ccccc3)cc12. The summed E-state index contributed by atoms with van der Waals surface area (Å²) >= 11 is 0. The van der Waals surface area contributed by atoms with E-state index in [1.165, 1.54) is 27.6 Å². The minimum atomic E-state index is 0.683. The van der Waals surface area contributed by atoms with Crippen molar-refractivity contribution in [2.24, 2.45) is 5.73 Å². The van der Waals surface area contributed by atoms with Crippen molar-refractivity contribution >= 4 is 10.9 Å². The largest absolute Gasteiger partial charge is 0.361 e. The molecule has 0 aliphatic heterocycles. The summed E-state index contributed by atoms with van der Waals surface area (Å²) in [6.45, 7) is 0.683. The van der Waals surface area contributed by atoms with Gasteiger partial charge in [0, 0.05) is 17.1 Å². The van der Waals surface area contributed by atoms with E-state index in [1.807, 2.05) is 6.07 Å². The lowest BCUT2D eigenvalue weighted by atomic mass is 10.0. The van der Waals surface area contributed by atoms with Crippen LogP contribution >= 0.6 is 0 Å². The molecule has 18 heavy (non-hydrogen) atoms. The summed E-state index contributed by atoms with van der Waals surface area (Å²) in [5.41, 5.74) is 10.6. The number of hydrogen-bond donors (Lipinski definition) is 2. The molecule has 2 heteroatoms. The number of nitrogens with two attached hydrogens (primary N) is 1. The van der Waals surface area contributed by atoms with E-state index in [0.29, 0.717) is 6.54 Å². The minimum Gasteiger partial charge on any atom is -0.361 e. The summed E-state index contributed by atoms with van der Waals surface area (Å²) in [6, 6.07) is 17.0. The van der Waals surface area contributed by atoms with Gasteiger partial charge < -0.3 is 10.7 Å². The van der Waals surface area contributed by atoms with Crippen LogP contribution < -0.4 is 5.73 Å². The minimum absolute atomic E-state index is 0.683. The Bertz CT molecular complexity index is 653. The second kappa shape index (κ2) is 4.67. The molecular formula is C16H16N2. The zero-order chi connectivity index (χ0) is 12.4. The monoisotopic (exact) mass is 236 g/mol. The second-order valence-corrected chi connectivity index (χ2v) is 4.48. The van der Waals surface area contributed by atoms with Crippen molar-refractivity contribution in [3.63, 3.8) is 0 Å². The van der Waals surface area contributed by atoms with E-state index in [-0.39, 0.29) is 0 Å². The Morgan fingerprint density at radius 1 is 0.944 bits per heavy atom. The third-order valence-corrected chi connectivity index (χ3v) is 3.29. The predicted octanol–water partition coefficient (Wildman–Crippen LogP) is 3.34. The molecule has 90 valence electrons. The summed E-state index contributed by atoms with van der Waals surface area (Å²) in [5.74, 6) is 0. The number of fused-ring (bicyclic) bond motifs is 1. The summed E-state index contributed by atoms with van der Waals surface area (Å²) in [5, 5.41) is 1.28. The molecule has 0 aliphatic rings. The molecule has 1 heterocycles. The zero-order valence-corrected chi connectivity index (χ0v) is 10.2. The van der Waals surface area contributed by atoms with Gasteiger partial charge in [-0.05, 0) is 41.8 Å². The highest BCUT2D eigenvalue weighted by atomic mass is 14.7. The number of H-pyrrole nitrogens is 1. The normalized spacial score (nSPS) is 10.9. The summed E-state index contributed by atoms with van der Waals surface area (Å²) in [7, 11) is 0. The molecule has 3 N–H and O–H groups in total.